The highest BCUT2D eigenvalue weighted by Gasteiger charge is 2.85. The van der Waals surface area contributed by atoms with E-state index in [0.29, 0.717) is 0 Å². The van der Waals surface area contributed by atoms with Gasteiger partial charge in [-0.15, -0.1) is 0 Å². The van der Waals surface area contributed by atoms with Gasteiger partial charge in [0.15, 0.2) is 0 Å². The Hall–Kier alpha value is -1.24. The van der Waals surface area contributed by atoms with Crippen molar-refractivity contribution in [2.24, 2.45) is 0 Å². The summed E-state index contributed by atoms with van der Waals surface area (Å²) in [5.41, 5.74) is 1.35. The molecule has 0 spiro atoms. The number of nitrogens with one attached hydrogen (secondary N) is 1. The van der Waals surface area contributed by atoms with Gasteiger partial charge in [0.2, 0.25) is 0 Å². The van der Waals surface area contributed by atoms with Gasteiger partial charge in [0, 0.05) is 31.9 Å². The highest BCUT2D eigenvalue weighted by atomic mass is 35.5. The van der Waals surface area contributed by atoms with Crippen molar-refractivity contribution < 1.29 is 45.0 Å². The number of aliphatic carboxylic acids is 1. The summed E-state index contributed by atoms with van der Waals surface area (Å²) in [6, 6.07) is 10.6. The molecule has 2 N–H and O–H groups in total. The predicted molar refractivity (Wildman–Crippen MR) is 99.2 cm³/mol. The zero-order valence-corrected chi connectivity index (χ0v) is 17.4. The SMILES string of the molecule is O=C(O)C(F)(F)C(F)(Cl)C(F)(F)C(F)(Cl)C(F)(F)Cl.c1ccc(N2CCNCC2)cc1. The number of halogens is 11. The summed E-state index contributed by atoms with van der Waals surface area (Å²) in [4.78, 5) is 12.3. The molecular formula is C16H15Cl3F8N2O2. The third-order valence-electron chi connectivity index (χ3n) is 4.05. The van der Waals surface area contributed by atoms with Gasteiger partial charge in [-0.1, -0.05) is 41.4 Å². The van der Waals surface area contributed by atoms with E-state index in [2.05, 4.69) is 75.4 Å². The number of alkyl halides is 11. The first kappa shape index (κ1) is 27.8. The predicted octanol–water partition coefficient (Wildman–Crippen LogP) is 5.08. The van der Waals surface area contributed by atoms with Crippen molar-refractivity contribution in [2.75, 3.05) is 31.1 Å². The maximum atomic E-state index is 13.1. The van der Waals surface area contributed by atoms with Crippen LogP contribution in [0.4, 0.5) is 40.8 Å². The summed E-state index contributed by atoms with van der Waals surface area (Å²) >= 11 is 11.7. The van der Waals surface area contributed by atoms with Gasteiger partial charge >= 0.3 is 33.5 Å². The van der Waals surface area contributed by atoms with Crippen LogP contribution in [0.15, 0.2) is 30.3 Å². The topological polar surface area (TPSA) is 52.6 Å². The number of piperazine rings is 1. The van der Waals surface area contributed by atoms with Crippen molar-refractivity contribution in [1.29, 1.82) is 0 Å². The summed E-state index contributed by atoms with van der Waals surface area (Å²) in [5, 5.41) is -6.61. The first-order chi connectivity index (χ1) is 13.9. The third-order valence-corrected chi connectivity index (χ3v) is 5.35. The zero-order valence-electron chi connectivity index (χ0n) is 15.2. The molecule has 1 aliphatic heterocycles. The minimum Gasteiger partial charge on any atom is -0.477 e. The van der Waals surface area contributed by atoms with E-state index in [1.165, 1.54) is 5.69 Å². The van der Waals surface area contributed by atoms with Gasteiger partial charge in [-0.05, 0) is 23.7 Å². The van der Waals surface area contributed by atoms with Gasteiger partial charge in [0.05, 0.1) is 0 Å². The van der Waals surface area contributed by atoms with Crippen LogP contribution in [0.1, 0.15) is 0 Å². The number of nitrogens with zero attached hydrogens (tertiary/aromatic N) is 1. The molecule has 31 heavy (non-hydrogen) atoms. The molecule has 178 valence electrons. The molecule has 15 heteroatoms. The molecule has 2 atom stereocenters. The van der Waals surface area contributed by atoms with E-state index in [0.717, 1.165) is 26.2 Å². The Morgan fingerprint density at radius 1 is 0.871 bits per heavy atom. The van der Waals surface area contributed by atoms with Crippen molar-refractivity contribution in [3.8, 4) is 0 Å². The molecule has 1 aromatic rings. The molecule has 0 aromatic heterocycles. The highest BCUT2D eigenvalue weighted by molar-refractivity contribution is 6.34. The Balaban J connectivity index is 0.000000339. The first-order valence-electron chi connectivity index (χ1n) is 8.23. The van der Waals surface area contributed by atoms with Crippen LogP contribution in [-0.2, 0) is 4.79 Å². The zero-order chi connectivity index (χ0) is 24.3. The maximum Gasteiger partial charge on any atom is 0.395 e. The Bertz CT molecular complexity index is 742. The molecule has 0 radical (unpaired) electrons. The lowest BCUT2D eigenvalue weighted by molar-refractivity contribution is -0.265. The van der Waals surface area contributed by atoms with Crippen LogP contribution < -0.4 is 10.2 Å². The fourth-order valence-electron chi connectivity index (χ4n) is 2.27. The molecule has 1 aromatic carbocycles. The van der Waals surface area contributed by atoms with Gasteiger partial charge < -0.3 is 15.3 Å². The molecule has 2 unspecified atom stereocenters. The standard InChI is InChI=1S/C10H14N2.C6HCl3F8O2/c1-2-4-10(5-3-1)12-8-6-11-7-9-12;7-3(12,2(10,11)1(18)19)5(14,15)4(8,13)6(9,16)17/h1-5,11H,6-9H2;(H,18,19). The number of carboxylic acid groups (broad SMARTS) is 1. The maximum absolute atomic E-state index is 13.1. The number of hydrogen-bond acceptors (Lipinski definition) is 3. The van der Waals surface area contributed by atoms with E-state index >= 15 is 0 Å². The number of benzene rings is 1. The highest BCUT2D eigenvalue weighted by Crippen LogP contribution is 2.59. The van der Waals surface area contributed by atoms with E-state index < -0.39 is 33.5 Å². The second-order valence-corrected chi connectivity index (χ2v) is 7.69. The lowest BCUT2D eigenvalue weighted by atomic mass is 10.0. The van der Waals surface area contributed by atoms with Crippen LogP contribution in [0.5, 0.6) is 0 Å². The lowest BCUT2D eigenvalue weighted by Gasteiger charge is -2.38. The fourth-order valence-corrected chi connectivity index (χ4v) is 2.78. The molecule has 0 amide bonds. The van der Waals surface area contributed by atoms with Gasteiger partial charge in [-0.2, -0.15) is 26.3 Å². The molecule has 0 aliphatic carbocycles. The Morgan fingerprint density at radius 2 is 1.32 bits per heavy atom. The lowest BCUT2D eigenvalue weighted by Crippen LogP contribution is -2.66. The van der Waals surface area contributed by atoms with Crippen molar-refractivity contribution in [3.63, 3.8) is 0 Å². The molecule has 0 bridgehead atoms. The van der Waals surface area contributed by atoms with Crippen molar-refractivity contribution >= 4 is 46.5 Å². The molecule has 1 fully saturated rings. The van der Waals surface area contributed by atoms with Gasteiger partial charge in [0.1, 0.15) is 0 Å². The number of para-hydroxylation sites is 1. The second kappa shape index (κ2) is 9.72. The summed E-state index contributed by atoms with van der Waals surface area (Å²) in [6.45, 7) is 4.47. The van der Waals surface area contributed by atoms with Crippen LogP contribution in [0.3, 0.4) is 0 Å². The van der Waals surface area contributed by atoms with E-state index in [4.69, 9.17) is 5.11 Å². The number of hydrogen-bond donors (Lipinski definition) is 2. The quantitative estimate of drug-likeness (QED) is 0.402. The molecular weight excluding hydrogens is 511 g/mol. The largest absolute Gasteiger partial charge is 0.477 e. The minimum atomic E-state index is -6.57. The van der Waals surface area contributed by atoms with E-state index in [9.17, 15) is 39.9 Å². The summed E-state index contributed by atoms with van der Waals surface area (Å²) < 4.78 is 102. The average molecular weight is 526 g/mol. The summed E-state index contributed by atoms with van der Waals surface area (Å²) in [5.74, 6) is -16.3. The van der Waals surface area contributed by atoms with Crippen molar-refractivity contribution in [3.05, 3.63) is 30.3 Å². The number of rotatable bonds is 6. The first-order valence-corrected chi connectivity index (χ1v) is 9.36. The number of carboxylic acids is 1. The van der Waals surface area contributed by atoms with Gasteiger partial charge in [0.25, 0.3) is 0 Å². The van der Waals surface area contributed by atoms with Gasteiger partial charge in [-0.3, -0.25) is 0 Å². The minimum absolute atomic E-state index is 1.11. The molecule has 0 saturated carbocycles. The van der Waals surface area contributed by atoms with E-state index in [-0.39, 0.29) is 0 Å². The molecule has 1 heterocycles. The molecule has 1 saturated heterocycles. The third kappa shape index (κ3) is 5.58. The van der Waals surface area contributed by atoms with Crippen molar-refractivity contribution in [2.45, 2.75) is 27.5 Å². The number of carbonyl (C=O) groups is 1. The smallest absolute Gasteiger partial charge is 0.395 e. The Morgan fingerprint density at radius 3 is 1.71 bits per heavy atom. The van der Waals surface area contributed by atoms with Crippen molar-refractivity contribution in [1.82, 2.24) is 5.32 Å². The monoisotopic (exact) mass is 524 g/mol. The van der Waals surface area contributed by atoms with Crippen LogP contribution in [0.2, 0.25) is 0 Å². The fraction of sp³-hybridized carbons (Fsp3) is 0.562. The Kier molecular flexibility index (Phi) is 8.71. The molecule has 1 aliphatic rings. The number of anilines is 1. The normalized spacial score (nSPS) is 19.5. The van der Waals surface area contributed by atoms with E-state index in [1.54, 1.807) is 0 Å². The van der Waals surface area contributed by atoms with Crippen LogP contribution in [0.25, 0.3) is 0 Å². The Labute approximate surface area is 186 Å². The van der Waals surface area contributed by atoms with Crippen LogP contribution >= 0.6 is 34.8 Å². The van der Waals surface area contributed by atoms with Gasteiger partial charge in [-0.25, -0.2) is 13.6 Å². The molecule has 4 nitrogen and oxygen atoms in total. The van der Waals surface area contributed by atoms with Crippen LogP contribution in [-0.4, -0.2) is 64.7 Å². The second-order valence-electron chi connectivity index (χ2n) is 6.17. The summed E-state index contributed by atoms with van der Waals surface area (Å²) in [7, 11) is 0. The average Bonchev–Trinajstić information content (AvgIpc) is 2.68. The molecule has 2 rings (SSSR count). The summed E-state index contributed by atoms with van der Waals surface area (Å²) in [6.07, 6.45) is 0. The van der Waals surface area contributed by atoms with E-state index in [1.807, 2.05) is 0 Å². The van der Waals surface area contributed by atoms with Crippen LogP contribution in [0, 0.1) is 0 Å².